The highest BCUT2D eigenvalue weighted by atomic mass is 16.5. The molecule has 0 spiro atoms. The van der Waals surface area contributed by atoms with Gasteiger partial charge in [0.05, 0.1) is 7.11 Å². The molecule has 4 rings (SSSR count). The van der Waals surface area contributed by atoms with Crippen LogP contribution in [-0.4, -0.2) is 38.1 Å². The lowest BCUT2D eigenvalue weighted by Gasteiger charge is -2.30. The molecule has 2 aromatic rings. The number of nitrogens with zero attached hydrogens (tertiary/aromatic N) is 1. The van der Waals surface area contributed by atoms with Gasteiger partial charge in [-0.05, 0) is 73.0 Å². The predicted molar refractivity (Wildman–Crippen MR) is 111 cm³/mol. The third-order valence-corrected chi connectivity index (χ3v) is 6.02. The summed E-state index contributed by atoms with van der Waals surface area (Å²) in [5.74, 6) is 1.56. The number of carbonyl (C=O) groups excluding carboxylic acids is 1. The summed E-state index contributed by atoms with van der Waals surface area (Å²) in [5, 5.41) is 0. The fourth-order valence-electron chi connectivity index (χ4n) is 4.54. The second-order valence-corrected chi connectivity index (χ2v) is 7.93. The number of nitrogens with one attached hydrogen (secondary N) is 2. The van der Waals surface area contributed by atoms with Crippen molar-refractivity contribution in [3.8, 4) is 5.75 Å². The van der Waals surface area contributed by atoms with Crippen LogP contribution in [-0.2, 0) is 19.4 Å². The van der Waals surface area contributed by atoms with E-state index in [4.69, 9.17) is 4.74 Å². The Bertz CT molecular complexity index is 865. The quantitative estimate of drug-likeness (QED) is 0.810. The average Bonchev–Trinajstić information content (AvgIpc) is 2.72. The van der Waals surface area contributed by atoms with Crippen molar-refractivity contribution in [1.82, 2.24) is 15.8 Å². The number of likely N-dealkylation sites (N-methyl/N-ethyl adjacent to an activating group) is 1. The smallest absolute Gasteiger partial charge is 0.265 e. The summed E-state index contributed by atoms with van der Waals surface area (Å²) in [7, 11) is 3.98. The van der Waals surface area contributed by atoms with Gasteiger partial charge in [0, 0.05) is 25.2 Å². The van der Waals surface area contributed by atoms with Crippen LogP contribution < -0.4 is 15.6 Å². The lowest BCUT2D eigenvalue weighted by Crippen LogP contribution is -2.41. The highest BCUT2D eigenvalue weighted by Gasteiger charge is 2.24. The van der Waals surface area contributed by atoms with Gasteiger partial charge in [0.2, 0.25) is 0 Å². The minimum Gasteiger partial charge on any atom is -0.496 e. The predicted octanol–water partition coefficient (Wildman–Crippen LogP) is 3.04. The van der Waals surface area contributed by atoms with Crippen LogP contribution in [0.4, 0.5) is 0 Å². The maximum absolute atomic E-state index is 11.8. The van der Waals surface area contributed by atoms with E-state index in [1.165, 1.54) is 29.5 Å². The van der Waals surface area contributed by atoms with E-state index in [2.05, 4.69) is 53.1 Å². The fourth-order valence-corrected chi connectivity index (χ4v) is 4.54. The molecule has 1 aliphatic heterocycles. The first-order valence-corrected chi connectivity index (χ1v) is 10.1. The molecule has 0 fully saturated rings. The first-order valence-electron chi connectivity index (χ1n) is 10.1. The van der Waals surface area contributed by atoms with Crippen LogP contribution in [0.25, 0.3) is 0 Å². The summed E-state index contributed by atoms with van der Waals surface area (Å²) in [5.41, 5.74) is 11.6. The lowest BCUT2D eigenvalue weighted by atomic mass is 9.82. The number of rotatable bonds is 6. The zero-order valence-corrected chi connectivity index (χ0v) is 16.8. The third-order valence-electron chi connectivity index (χ3n) is 6.02. The molecule has 0 aromatic heterocycles. The molecule has 2 N–H and O–H groups in total. The number of hydrazine groups is 1. The first-order chi connectivity index (χ1) is 13.7. The van der Waals surface area contributed by atoms with Gasteiger partial charge in [-0.2, -0.15) is 0 Å². The van der Waals surface area contributed by atoms with Crippen LogP contribution in [0.2, 0.25) is 0 Å². The second-order valence-electron chi connectivity index (χ2n) is 7.93. The van der Waals surface area contributed by atoms with Crippen molar-refractivity contribution in [3.05, 3.63) is 64.2 Å². The molecule has 0 radical (unpaired) electrons. The molecule has 0 saturated heterocycles. The monoisotopic (exact) mass is 379 g/mol. The van der Waals surface area contributed by atoms with Crippen molar-refractivity contribution in [2.24, 2.45) is 0 Å². The Labute approximate surface area is 167 Å². The summed E-state index contributed by atoms with van der Waals surface area (Å²) in [6.45, 7) is 2.76. The highest BCUT2D eigenvalue weighted by molar-refractivity contribution is 5.96. The average molecular weight is 380 g/mol. The molecule has 1 unspecified atom stereocenters. The number of methoxy groups -OCH3 is 1. The minimum absolute atomic E-state index is 0.0451. The van der Waals surface area contributed by atoms with E-state index < -0.39 is 0 Å². The van der Waals surface area contributed by atoms with E-state index in [0.717, 1.165) is 42.8 Å². The van der Waals surface area contributed by atoms with Gasteiger partial charge < -0.3 is 9.64 Å². The molecule has 0 saturated carbocycles. The maximum atomic E-state index is 11.8. The van der Waals surface area contributed by atoms with Gasteiger partial charge in [-0.25, -0.2) is 5.43 Å². The molecule has 2 aliphatic rings. The minimum atomic E-state index is -0.0451. The molecule has 0 bridgehead atoms. The molecule has 1 aliphatic carbocycles. The highest BCUT2D eigenvalue weighted by Crippen LogP contribution is 2.36. The van der Waals surface area contributed by atoms with E-state index in [1.807, 2.05) is 6.07 Å². The Kier molecular flexibility index (Phi) is 5.64. The maximum Gasteiger partial charge on any atom is 0.265 e. The Balaban J connectivity index is 1.38. The Morgan fingerprint density at radius 2 is 2.14 bits per heavy atom. The summed E-state index contributed by atoms with van der Waals surface area (Å²) in [4.78, 5) is 14.3. The van der Waals surface area contributed by atoms with Gasteiger partial charge in [-0.1, -0.05) is 24.3 Å². The van der Waals surface area contributed by atoms with Gasteiger partial charge in [0.1, 0.15) is 5.75 Å². The molecule has 2 aromatic carbocycles. The zero-order valence-electron chi connectivity index (χ0n) is 16.8. The van der Waals surface area contributed by atoms with Crippen molar-refractivity contribution < 1.29 is 9.53 Å². The van der Waals surface area contributed by atoms with Gasteiger partial charge in [0.25, 0.3) is 5.91 Å². The molecule has 5 heteroatoms. The van der Waals surface area contributed by atoms with Crippen molar-refractivity contribution in [2.75, 3.05) is 27.2 Å². The number of hydrogen-bond donors (Lipinski definition) is 2. The van der Waals surface area contributed by atoms with Crippen LogP contribution in [0.3, 0.4) is 0 Å². The van der Waals surface area contributed by atoms with E-state index >= 15 is 0 Å². The summed E-state index contributed by atoms with van der Waals surface area (Å²) in [6.07, 6.45) is 4.58. The van der Waals surface area contributed by atoms with Crippen LogP contribution in [0.1, 0.15) is 51.4 Å². The molecule has 5 nitrogen and oxygen atoms in total. The van der Waals surface area contributed by atoms with Crippen molar-refractivity contribution in [2.45, 2.75) is 38.1 Å². The largest absolute Gasteiger partial charge is 0.496 e. The van der Waals surface area contributed by atoms with Crippen molar-refractivity contribution >= 4 is 5.91 Å². The molecule has 1 amide bonds. The van der Waals surface area contributed by atoms with Crippen LogP contribution in [0.5, 0.6) is 5.75 Å². The van der Waals surface area contributed by atoms with Crippen molar-refractivity contribution in [3.63, 3.8) is 0 Å². The topological polar surface area (TPSA) is 53.6 Å². The van der Waals surface area contributed by atoms with Crippen molar-refractivity contribution in [1.29, 1.82) is 0 Å². The van der Waals surface area contributed by atoms with Gasteiger partial charge in [-0.3, -0.25) is 10.2 Å². The molecular formula is C23H29N3O2. The van der Waals surface area contributed by atoms with Crippen LogP contribution in [0, 0.1) is 0 Å². The lowest BCUT2D eigenvalue weighted by molar-refractivity contribution is 0.0920. The zero-order chi connectivity index (χ0) is 19.5. The molecule has 1 heterocycles. The molecular weight excluding hydrogens is 350 g/mol. The number of hydrogen-bond acceptors (Lipinski definition) is 4. The van der Waals surface area contributed by atoms with E-state index in [-0.39, 0.29) is 5.91 Å². The standard InChI is InChI=1S/C23H29N3O2/c1-26(12-11-16-9-10-20-18(13-16)14-24-25-23(20)27)15-17-5-3-7-21-19(17)6-4-8-22(21)28-2/h4,6,8-10,13,17,24H,3,5,7,11-12,14-15H2,1-2H3,(H,25,27). The van der Waals surface area contributed by atoms with Gasteiger partial charge in [0.15, 0.2) is 0 Å². The van der Waals surface area contributed by atoms with E-state index in [1.54, 1.807) is 7.11 Å². The Morgan fingerprint density at radius 1 is 1.25 bits per heavy atom. The van der Waals surface area contributed by atoms with E-state index in [0.29, 0.717) is 12.5 Å². The number of benzene rings is 2. The van der Waals surface area contributed by atoms with Crippen LogP contribution >= 0.6 is 0 Å². The SMILES string of the molecule is COc1cccc2c1CCCC2CN(C)CCc1ccc2c(c1)CNNC2=O. The number of ether oxygens (including phenoxy) is 1. The molecule has 28 heavy (non-hydrogen) atoms. The number of carbonyl (C=O) groups is 1. The number of amides is 1. The number of fused-ring (bicyclic) bond motifs is 2. The first kappa shape index (κ1) is 19.0. The fraction of sp³-hybridized carbons (Fsp3) is 0.435. The second kappa shape index (κ2) is 8.33. The summed E-state index contributed by atoms with van der Waals surface area (Å²) in [6, 6.07) is 12.7. The summed E-state index contributed by atoms with van der Waals surface area (Å²) < 4.78 is 5.58. The van der Waals surface area contributed by atoms with Gasteiger partial charge in [-0.15, -0.1) is 0 Å². The van der Waals surface area contributed by atoms with E-state index in [9.17, 15) is 4.79 Å². The van der Waals surface area contributed by atoms with Gasteiger partial charge >= 0.3 is 0 Å². The summed E-state index contributed by atoms with van der Waals surface area (Å²) >= 11 is 0. The Morgan fingerprint density at radius 3 is 3.00 bits per heavy atom. The Hall–Kier alpha value is -2.37. The third kappa shape index (κ3) is 3.91. The molecule has 1 atom stereocenters. The molecule has 148 valence electrons. The normalized spacial score (nSPS) is 18.4. The van der Waals surface area contributed by atoms with Crippen LogP contribution in [0.15, 0.2) is 36.4 Å².